The van der Waals surface area contributed by atoms with E-state index in [0.29, 0.717) is 28.0 Å². The summed E-state index contributed by atoms with van der Waals surface area (Å²) in [6.07, 6.45) is 1.52. The van der Waals surface area contributed by atoms with Gasteiger partial charge in [-0.1, -0.05) is 0 Å². The third kappa shape index (κ3) is 3.73. The van der Waals surface area contributed by atoms with E-state index in [1.807, 2.05) is 18.9 Å². The van der Waals surface area contributed by atoms with E-state index >= 15 is 0 Å². The highest BCUT2D eigenvalue weighted by atomic mass is 32.2. The van der Waals surface area contributed by atoms with Crippen LogP contribution in [0.5, 0.6) is 0 Å². The highest BCUT2D eigenvalue weighted by Crippen LogP contribution is 2.39. The number of likely N-dealkylation sites (N-methyl/N-ethyl adjacent to an activating group) is 1. The zero-order valence-corrected chi connectivity index (χ0v) is 16.9. The molecule has 2 aliphatic rings. The zero-order chi connectivity index (χ0) is 20.9. The maximum Gasteiger partial charge on any atom is 0.246 e. The van der Waals surface area contributed by atoms with Gasteiger partial charge in [-0.15, -0.1) is 11.8 Å². The van der Waals surface area contributed by atoms with Crippen molar-refractivity contribution in [1.82, 2.24) is 9.97 Å². The van der Waals surface area contributed by atoms with Crippen LogP contribution < -0.4 is 15.5 Å². The molecule has 1 aliphatic carbocycles. The van der Waals surface area contributed by atoms with Gasteiger partial charge in [0.15, 0.2) is 23.3 Å². The van der Waals surface area contributed by atoms with Crippen molar-refractivity contribution < 1.29 is 18.0 Å². The summed E-state index contributed by atoms with van der Waals surface area (Å²) in [6, 6.07) is 1.84. The van der Waals surface area contributed by atoms with Gasteiger partial charge in [0.05, 0.1) is 5.69 Å². The SMILES string of the molecule is Cc1nc(NC2CC(Sc3cc(F)c(F)c(F)c3)C2)nc2c1NC(=O)[C@H](C)N2C. The van der Waals surface area contributed by atoms with E-state index < -0.39 is 17.5 Å². The molecule has 1 aliphatic heterocycles. The van der Waals surface area contributed by atoms with Crippen LogP contribution in [-0.4, -0.2) is 40.3 Å². The first-order chi connectivity index (χ1) is 13.7. The number of rotatable bonds is 4. The zero-order valence-electron chi connectivity index (χ0n) is 16.1. The Morgan fingerprint density at radius 1 is 1.21 bits per heavy atom. The maximum absolute atomic E-state index is 13.3. The molecule has 1 saturated carbocycles. The van der Waals surface area contributed by atoms with Gasteiger partial charge in [0.1, 0.15) is 11.7 Å². The first kappa shape index (κ1) is 19.8. The average molecular weight is 423 g/mol. The number of carbonyl (C=O) groups excluding carboxylic acids is 1. The lowest BCUT2D eigenvalue weighted by molar-refractivity contribution is -0.117. The number of aryl methyl sites for hydroxylation is 1. The van der Waals surface area contributed by atoms with E-state index in [9.17, 15) is 18.0 Å². The van der Waals surface area contributed by atoms with Gasteiger partial charge in [-0.3, -0.25) is 4.79 Å². The van der Waals surface area contributed by atoms with Crippen LogP contribution in [-0.2, 0) is 4.79 Å². The quantitative estimate of drug-likeness (QED) is 0.731. The largest absolute Gasteiger partial charge is 0.351 e. The summed E-state index contributed by atoms with van der Waals surface area (Å²) in [5.41, 5.74) is 1.29. The van der Waals surface area contributed by atoms with Gasteiger partial charge < -0.3 is 15.5 Å². The second-order valence-corrected chi connectivity index (χ2v) is 8.73. The molecule has 1 atom stereocenters. The Balaban J connectivity index is 1.40. The molecule has 0 unspecified atom stereocenters. The van der Waals surface area contributed by atoms with Gasteiger partial charge >= 0.3 is 0 Å². The molecule has 4 rings (SSSR count). The Morgan fingerprint density at radius 3 is 2.52 bits per heavy atom. The van der Waals surface area contributed by atoms with E-state index in [0.717, 1.165) is 25.0 Å². The molecule has 29 heavy (non-hydrogen) atoms. The molecule has 0 bridgehead atoms. The van der Waals surface area contributed by atoms with Crippen LogP contribution in [0.3, 0.4) is 0 Å². The van der Waals surface area contributed by atoms with Crippen molar-refractivity contribution in [3.63, 3.8) is 0 Å². The first-order valence-electron chi connectivity index (χ1n) is 9.23. The minimum absolute atomic E-state index is 0.0973. The number of hydrogen-bond acceptors (Lipinski definition) is 6. The van der Waals surface area contributed by atoms with E-state index in [4.69, 9.17) is 0 Å². The molecule has 10 heteroatoms. The lowest BCUT2D eigenvalue weighted by atomic mass is 9.92. The minimum Gasteiger partial charge on any atom is -0.351 e. The number of benzene rings is 1. The number of fused-ring (bicyclic) bond motifs is 1. The van der Waals surface area contributed by atoms with Crippen LogP contribution >= 0.6 is 11.8 Å². The minimum atomic E-state index is -1.45. The number of amides is 1. The molecular formula is C19H20F3N5OS. The molecule has 0 saturated heterocycles. The number of aromatic nitrogens is 2. The van der Waals surface area contributed by atoms with Crippen LogP contribution in [0.4, 0.5) is 30.6 Å². The van der Waals surface area contributed by atoms with Gasteiger partial charge in [0.2, 0.25) is 11.9 Å². The van der Waals surface area contributed by atoms with Gasteiger partial charge in [0.25, 0.3) is 0 Å². The maximum atomic E-state index is 13.3. The van der Waals surface area contributed by atoms with Gasteiger partial charge in [-0.25, -0.2) is 18.2 Å². The monoisotopic (exact) mass is 423 g/mol. The second-order valence-electron chi connectivity index (χ2n) is 7.36. The molecule has 2 aromatic rings. The van der Waals surface area contributed by atoms with Crippen molar-refractivity contribution in [2.24, 2.45) is 0 Å². The van der Waals surface area contributed by atoms with E-state index in [2.05, 4.69) is 20.6 Å². The Hall–Kier alpha value is -2.49. The Morgan fingerprint density at radius 2 is 1.86 bits per heavy atom. The Labute approximate surface area is 170 Å². The summed E-state index contributed by atoms with van der Waals surface area (Å²) in [5.74, 6) is -2.76. The summed E-state index contributed by atoms with van der Waals surface area (Å²) in [5, 5.41) is 6.28. The number of nitrogens with zero attached hydrogens (tertiary/aromatic N) is 3. The number of thioether (sulfide) groups is 1. The van der Waals surface area contributed by atoms with Crippen molar-refractivity contribution in [3.05, 3.63) is 35.3 Å². The fourth-order valence-electron chi connectivity index (χ4n) is 3.37. The molecular weight excluding hydrogens is 403 g/mol. The summed E-state index contributed by atoms with van der Waals surface area (Å²) in [7, 11) is 1.81. The highest BCUT2D eigenvalue weighted by Gasteiger charge is 2.33. The third-order valence-electron chi connectivity index (χ3n) is 5.30. The topological polar surface area (TPSA) is 70.1 Å². The second kappa shape index (κ2) is 7.40. The Kier molecular flexibility index (Phi) is 5.05. The highest BCUT2D eigenvalue weighted by molar-refractivity contribution is 8.00. The van der Waals surface area contributed by atoms with E-state index in [1.54, 1.807) is 6.92 Å². The van der Waals surface area contributed by atoms with Crippen molar-refractivity contribution in [2.45, 2.75) is 48.9 Å². The van der Waals surface area contributed by atoms with Crippen molar-refractivity contribution in [2.75, 3.05) is 22.6 Å². The number of carbonyl (C=O) groups is 1. The molecule has 0 spiro atoms. The average Bonchev–Trinajstić information content (AvgIpc) is 2.63. The van der Waals surface area contributed by atoms with E-state index in [1.165, 1.54) is 11.8 Å². The molecule has 1 aromatic carbocycles. The summed E-state index contributed by atoms with van der Waals surface area (Å²) in [4.78, 5) is 23.2. The summed E-state index contributed by atoms with van der Waals surface area (Å²) < 4.78 is 39.8. The standard InChI is InChI=1S/C19H20F3N5OS/c1-8-16-17(27(3)9(2)18(28)25-16)26-19(23-8)24-10-4-11(5-10)29-12-6-13(20)15(22)14(21)7-12/h6-7,9-11H,4-5H2,1-3H3,(H,25,28)(H,23,24,26)/t9-,10?,11?/m0/s1. The normalized spacial score (nSPS) is 23.3. The third-order valence-corrected chi connectivity index (χ3v) is 6.53. The lowest BCUT2D eigenvalue weighted by Gasteiger charge is -2.36. The fourth-order valence-corrected chi connectivity index (χ4v) is 4.75. The lowest BCUT2D eigenvalue weighted by Crippen LogP contribution is -2.45. The molecule has 1 aromatic heterocycles. The predicted octanol–water partition coefficient (Wildman–Crippen LogP) is 3.71. The molecule has 154 valence electrons. The van der Waals surface area contributed by atoms with Gasteiger partial charge in [-0.05, 0) is 38.8 Å². The molecule has 2 N–H and O–H groups in total. The number of nitrogens with one attached hydrogen (secondary N) is 2. The van der Waals surface area contributed by atoms with Gasteiger partial charge in [0, 0.05) is 23.2 Å². The number of hydrogen-bond donors (Lipinski definition) is 2. The van der Waals surface area contributed by atoms with Crippen molar-refractivity contribution >= 4 is 35.1 Å². The molecule has 0 radical (unpaired) electrons. The summed E-state index contributed by atoms with van der Waals surface area (Å²) in [6.45, 7) is 3.62. The summed E-state index contributed by atoms with van der Waals surface area (Å²) >= 11 is 1.33. The smallest absolute Gasteiger partial charge is 0.246 e. The van der Waals surface area contributed by atoms with Crippen LogP contribution in [0.2, 0.25) is 0 Å². The molecule has 2 heterocycles. The van der Waals surface area contributed by atoms with Crippen LogP contribution in [0.25, 0.3) is 0 Å². The van der Waals surface area contributed by atoms with E-state index in [-0.39, 0.29) is 23.2 Å². The van der Waals surface area contributed by atoms with Crippen molar-refractivity contribution in [1.29, 1.82) is 0 Å². The number of halogens is 3. The van der Waals surface area contributed by atoms with Gasteiger partial charge in [-0.2, -0.15) is 4.98 Å². The van der Waals surface area contributed by atoms with Crippen LogP contribution in [0.1, 0.15) is 25.5 Å². The van der Waals surface area contributed by atoms with Crippen molar-refractivity contribution in [3.8, 4) is 0 Å². The van der Waals surface area contributed by atoms with Crippen LogP contribution in [0, 0.1) is 24.4 Å². The fraction of sp³-hybridized carbons (Fsp3) is 0.421. The first-order valence-corrected chi connectivity index (χ1v) is 10.1. The molecule has 1 fully saturated rings. The molecule has 1 amide bonds. The molecule has 6 nitrogen and oxygen atoms in total. The predicted molar refractivity (Wildman–Crippen MR) is 106 cm³/mol. The Bertz CT molecular complexity index is 960. The van der Waals surface area contributed by atoms with Crippen LogP contribution in [0.15, 0.2) is 17.0 Å². The number of anilines is 3.